The Morgan fingerprint density at radius 3 is 2.26 bits per heavy atom. The molecule has 1 aliphatic heterocycles. The Hall–Kier alpha value is -2.22. The minimum absolute atomic E-state index is 0.0753. The fraction of sp³-hybridized carbons (Fsp3) is 0.350. The molecule has 1 aliphatic rings. The minimum Gasteiger partial charge on any atom is -0.497 e. The van der Waals surface area contributed by atoms with Crippen molar-refractivity contribution in [3.63, 3.8) is 0 Å². The van der Waals surface area contributed by atoms with E-state index in [0.29, 0.717) is 25.2 Å². The quantitative estimate of drug-likeness (QED) is 0.703. The maximum absolute atomic E-state index is 12.5. The van der Waals surface area contributed by atoms with E-state index >= 15 is 0 Å². The summed E-state index contributed by atoms with van der Waals surface area (Å²) >= 11 is 0. The van der Waals surface area contributed by atoms with Gasteiger partial charge in [-0.15, -0.1) is 0 Å². The summed E-state index contributed by atoms with van der Waals surface area (Å²) in [4.78, 5) is 12.6. The summed E-state index contributed by atoms with van der Waals surface area (Å²) in [6, 6.07) is 13.8. The number of sulfonamides is 1. The molecule has 0 amide bonds. The fourth-order valence-electron chi connectivity index (χ4n) is 3.06. The van der Waals surface area contributed by atoms with Gasteiger partial charge in [0.2, 0.25) is 10.0 Å². The summed E-state index contributed by atoms with van der Waals surface area (Å²) in [5.74, 6) is 0.715. The summed E-state index contributed by atoms with van der Waals surface area (Å²) in [6.07, 6.45) is 1.80. The first-order chi connectivity index (χ1) is 13.0. The normalized spacial score (nSPS) is 15.0. The van der Waals surface area contributed by atoms with Gasteiger partial charge in [0.25, 0.3) is 0 Å². The number of hydrogen-bond acceptors (Lipinski definition) is 5. The molecule has 1 saturated heterocycles. The van der Waals surface area contributed by atoms with Gasteiger partial charge in [-0.3, -0.25) is 4.79 Å². The van der Waals surface area contributed by atoms with Crippen LogP contribution in [0.25, 0.3) is 0 Å². The van der Waals surface area contributed by atoms with Gasteiger partial charge in [0.15, 0.2) is 5.78 Å². The van der Waals surface area contributed by atoms with E-state index in [2.05, 4.69) is 5.32 Å². The lowest BCUT2D eigenvalue weighted by Crippen LogP contribution is -2.28. The molecule has 1 N–H and O–H groups in total. The zero-order valence-electron chi connectivity index (χ0n) is 15.3. The number of rotatable bonds is 8. The van der Waals surface area contributed by atoms with Crippen LogP contribution in [-0.4, -0.2) is 45.3 Å². The Morgan fingerprint density at radius 1 is 1.04 bits per heavy atom. The molecule has 6 nitrogen and oxygen atoms in total. The standard InChI is InChI=1S/C20H24N2O4S/c1-26-18-8-4-16(5-9-18)14-21-15-20(23)17-6-10-19(11-7-17)27(24,25)22-12-2-3-13-22/h4-11,21H,2-3,12-15H2,1H3. The zero-order valence-corrected chi connectivity index (χ0v) is 16.2. The highest BCUT2D eigenvalue weighted by molar-refractivity contribution is 7.89. The monoisotopic (exact) mass is 388 g/mol. The van der Waals surface area contributed by atoms with E-state index in [4.69, 9.17) is 4.74 Å². The third kappa shape index (κ3) is 4.74. The molecule has 2 aromatic rings. The third-order valence-electron chi connectivity index (χ3n) is 4.65. The van der Waals surface area contributed by atoms with Crippen molar-refractivity contribution in [1.29, 1.82) is 0 Å². The molecule has 27 heavy (non-hydrogen) atoms. The van der Waals surface area contributed by atoms with Crippen molar-refractivity contribution in [3.05, 3.63) is 59.7 Å². The lowest BCUT2D eigenvalue weighted by Gasteiger charge is -2.15. The van der Waals surface area contributed by atoms with Crippen LogP contribution in [0, 0.1) is 0 Å². The molecule has 0 radical (unpaired) electrons. The van der Waals surface area contributed by atoms with Gasteiger partial charge in [-0.05, 0) is 42.7 Å². The van der Waals surface area contributed by atoms with Gasteiger partial charge in [0.1, 0.15) is 5.75 Å². The van der Waals surface area contributed by atoms with E-state index in [1.54, 1.807) is 19.2 Å². The van der Waals surface area contributed by atoms with Crippen LogP contribution in [0.15, 0.2) is 53.4 Å². The minimum atomic E-state index is -3.44. The number of carbonyl (C=O) groups is 1. The van der Waals surface area contributed by atoms with Crippen molar-refractivity contribution in [2.45, 2.75) is 24.3 Å². The van der Waals surface area contributed by atoms with Crippen LogP contribution in [-0.2, 0) is 16.6 Å². The molecular weight excluding hydrogens is 364 g/mol. The SMILES string of the molecule is COc1ccc(CNCC(=O)c2ccc(S(=O)(=O)N3CCCC3)cc2)cc1. The molecule has 7 heteroatoms. The highest BCUT2D eigenvalue weighted by Gasteiger charge is 2.27. The molecular formula is C20H24N2O4S. The first kappa shape index (κ1) is 19.5. The topological polar surface area (TPSA) is 75.7 Å². The number of hydrogen-bond donors (Lipinski definition) is 1. The molecule has 2 aromatic carbocycles. The molecule has 0 atom stereocenters. The Kier molecular flexibility index (Phi) is 6.26. The Balaban J connectivity index is 1.55. The predicted octanol–water partition coefficient (Wildman–Crippen LogP) is 2.45. The average Bonchev–Trinajstić information content (AvgIpc) is 3.24. The van der Waals surface area contributed by atoms with Crippen LogP contribution in [0.1, 0.15) is 28.8 Å². The Bertz CT molecular complexity index is 871. The Labute approximate surface area is 160 Å². The lowest BCUT2D eigenvalue weighted by atomic mass is 10.1. The number of nitrogens with one attached hydrogen (secondary N) is 1. The molecule has 3 rings (SSSR count). The summed E-state index contributed by atoms with van der Waals surface area (Å²) in [6.45, 7) is 1.89. The zero-order chi connectivity index (χ0) is 19.3. The van der Waals surface area contributed by atoms with Gasteiger partial charge in [-0.2, -0.15) is 4.31 Å². The summed E-state index contributed by atoms with van der Waals surface area (Å²) in [5.41, 5.74) is 1.55. The van der Waals surface area contributed by atoms with E-state index in [0.717, 1.165) is 24.2 Å². The van der Waals surface area contributed by atoms with Crippen molar-refractivity contribution in [2.24, 2.45) is 0 Å². The Morgan fingerprint density at radius 2 is 1.67 bits per heavy atom. The highest BCUT2D eigenvalue weighted by atomic mass is 32.2. The largest absolute Gasteiger partial charge is 0.497 e. The predicted molar refractivity (Wildman–Crippen MR) is 103 cm³/mol. The average molecular weight is 388 g/mol. The number of methoxy groups -OCH3 is 1. The van der Waals surface area contributed by atoms with Crippen LogP contribution >= 0.6 is 0 Å². The van der Waals surface area contributed by atoms with Gasteiger partial charge in [0, 0.05) is 25.2 Å². The number of carbonyl (C=O) groups excluding carboxylic acids is 1. The fourth-order valence-corrected chi connectivity index (χ4v) is 4.57. The molecule has 1 heterocycles. The molecule has 1 fully saturated rings. The van der Waals surface area contributed by atoms with Crippen LogP contribution in [0.3, 0.4) is 0 Å². The number of Topliss-reactive ketones (excluding diaryl/α,β-unsaturated/α-hetero) is 1. The number of ketones is 1. The number of benzene rings is 2. The highest BCUT2D eigenvalue weighted by Crippen LogP contribution is 2.21. The second kappa shape index (κ2) is 8.65. The van der Waals surface area contributed by atoms with Crippen LogP contribution < -0.4 is 10.1 Å². The van der Waals surface area contributed by atoms with Crippen LogP contribution in [0.2, 0.25) is 0 Å². The van der Waals surface area contributed by atoms with Gasteiger partial charge in [-0.1, -0.05) is 24.3 Å². The molecule has 0 spiro atoms. The maximum atomic E-state index is 12.5. The first-order valence-electron chi connectivity index (χ1n) is 8.98. The van der Waals surface area contributed by atoms with Gasteiger partial charge < -0.3 is 10.1 Å². The summed E-state index contributed by atoms with van der Waals surface area (Å²) in [7, 11) is -1.83. The molecule has 0 unspecified atom stereocenters. The van der Waals surface area contributed by atoms with E-state index in [1.165, 1.54) is 16.4 Å². The second-order valence-corrected chi connectivity index (χ2v) is 8.45. The molecule has 0 aliphatic carbocycles. The van der Waals surface area contributed by atoms with E-state index < -0.39 is 10.0 Å². The number of ether oxygens (including phenoxy) is 1. The summed E-state index contributed by atoms with van der Waals surface area (Å²) in [5, 5.41) is 3.11. The van der Waals surface area contributed by atoms with Crippen LogP contribution in [0.5, 0.6) is 5.75 Å². The molecule has 0 saturated carbocycles. The van der Waals surface area contributed by atoms with Crippen LogP contribution in [0.4, 0.5) is 0 Å². The van der Waals surface area contributed by atoms with Crippen molar-refractivity contribution in [3.8, 4) is 5.75 Å². The van der Waals surface area contributed by atoms with E-state index in [1.807, 2.05) is 24.3 Å². The molecule has 0 bridgehead atoms. The molecule has 0 aromatic heterocycles. The van der Waals surface area contributed by atoms with E-state index in [9.17, 15) is 13.2 Å². The number of nitrogens with zero attached hydrogens (tertiary/aromatic N) is 1. The van der Waals surface area contributed by atoms with Crippen molar-refractivity contribution >= 4 is 15.8 Å². The maximum Gasteiger partial charge on any atom is 0.243 e. The summed E-state index contributed by atoms with van der Waals surface area (Å²) < 4.78 is 31.6. The van der Waals surface area contributed by atoms with Crippen molar-refractivity contribution in [2.75, 3.05) is 26.7 Å². The van der Waals surface area contributed by atoms with Gasteiger partial charge in [0.05, 0.1) is 18.6 Å². The van der Waals surface area contributed by atoms with Gasteiger partial charge >= 0.3 is 0 Å². The molecule has 144 valence electrons. The van der Waals surface area contributed by atoms with E-state index in [-0.39, 0.29) is 17.2 Å². The van der Waals surface area contributed by atoms with Crippen molar-refractivity contribution in [1.82, 2.24) is 9.62 Å². The smallest absolute Gasteiger partial charge is 0.243 e. The first-order valence-corrected chi connectivity index (χ1v) is 10.4. The third-order valence-corrected chi connectivity index (χ3v) is 6.57. The van der Waals surface area contributed by atoms with Gasteiger partial charge in [-0.25, -0.2) is 8.42 Å². The second-order valence-electron chi connectivity index (χ2n) is 6.51. The lowest BCUT2D eigenvalue weighted by molar-refractivity contribution is 0.0990. The van der Waals surface area contributed by atoms with Crippen molar-refractivity contribution < 1.29 is 17.9 Å².